The van der Waals surface area contributed by atoms with Gasteiger partial charge in [-0.1, -0.05) is 0 Å². The number of hydrogen-bond acceptors (Lipinski definition) is 4. The molecule has 0 aromatic heterocycles. The Kier molecular flexibility index (Phi) is 6.73. The lowest BCUT2D eigenvalue weighted by Gasteiger charge is -2.36. The van der Waals surface area contributed by atoms with E-state index in [-0.39, 0.29) is 11.5 Å². The van der Waals surface area contributed by atoms with Gasteiger partial charge in [0.1, 0.15) is 0 Å². The Hall–Kier alpha value is 0.230. The zero-order chi connectivity index (χ0) is 11.9. The molecule has 0 amide bonds. The zero-order valence-electron chi connectivity index (χ0n) is 10.4. The van der Waals surface area contributed by atoms with Crippen molar-refractivity contribution in [2.24, 2.45) is 5.41 Å². The van der Waals surface area contributed by atoms with Gasteiger partial charge in [0, 0.05) is 25.2 Å². The first-order valence-electron chi connectivity index (χ1n) is 6.10. The largest absolute Gasteiger partial charge is 0.381 e. The Labute approximate surface area is 104 Å². The molecule has 1 heterocycles. The van der Waals surface area contributed by atoms with E-state index in [1.54, 1.807) is 0 Å². The zero-order valence-corrected chi connectivity index (χ0v) is 11.3. The van der Waals surface area contributed by atoms with Gasteiger partial charge in [-0.2, -0.15) is 12.6 Å². The lowest BCUT2D eigenvalue weighted by atomic mass is 9.83. The molecule has 16 heavy (non-hydrogen) atoms. The molecule has 96 valence electrons. The third-order valence-electron chi connectivity index (χ3n) is 3.12. The molecule has 3 nitrogen and oxygen atoms in total. The van der Waals surface area contributed by atoms with Gasteiger partial charge in [-0.05, 0) is 32.4 Å². The number of thiol groups is 1. The van der Waals surface area contributed by atoms with E-state index >= 15 is 0 Å². The van der Waals surface area contributed by atoms with Gasteiger partial charge in [0.25, 0.3) is 0 Å². The summed E-state index contributed by atoms with van der Waals surface area (Å²) in [5, 5.41) is 0. The van der Waals surface area contributed by atoms with Crippen LogP contribution in [0.15, 0.2) is 0 Å². The minimum atomic E-state index is 0.166. The number of ether oxygens (including phenoxy) is 3. The average molecular weight is 248 g/mol. The van der Waals surface area contributed by atoms with Crippen LogP contribution in [0.4, 0.5) is 0 Å². The lowest BCUT2D eigenvalue weighted by molar-refractivity contribution is -0.0676. The van der Waals surface area contributed by atoms with Crippen LogP contribution >= 0.6 is 12.6 Å². The van der Waals surface area contributed by atoms with Crippen LogP contribution in [0.25, 0.3) is 0 Å². The molecule has 1 rings (SSSR count). The summed E-state index contributed by atoms with van der Waals surface area (Å²) in [5.41, 5.74) is 0.210. The minimum Gasteiger partial charge on any atom is -0.381 e. The molecule has 0 bridgehead atoms. The van der Waals surface area contributed by atoms with E-state index in [0.717, 1.165) is 45.0 Å². The molecule has 0 aliphatic carbocycles. The van der Waals surface area contributed by atoms with Crippen molar-refractivity contribution in [3.05, 3.63) is 0 Å². The molecule has 1 saturated heterocycles. The van der Waals surface area contributed by atoms with Crippen LogP contribution in [0.3, 0.4) is 0 Å². The predicted molar refractivity (Wildman–Crippen MR) is 68.2 cm³/mol. The molecule has 1 aliphatic heterocycles. The summed E-state index contributed by atoms with van der Waals surface area (Å²) >= 11 is 4.46. The maximum atomic E-state index is 5.85. The van der Waals surface area contributed by atoms with Crippen LogP contribution in [-0.2, 0) is 14.2 Å². The highest BCUT2D eigenvalue weighted by Gasteiger charge is 2.32. The van der Waals surface area contributed by atoms with E-state index in [4.69, 9.17) is 14.2 Å². The van der Waals surface area contributed by atoms with E-state index in [0.29, 0.717) is 6.61 Å². The molecule has 0 aromatic rings. The van der Waals surface area contributed by atoms with Crippen LogP contribution in [0, 0.1) is 5.41 Å². The summed E-state index contributed by atoms with van der Waals surface area (Å²) in [4.78, 5) is 0. The van der Waals surface area contributed by atoms with Crippen molar-refractivity contribution in [2.45, 2.75) is 32.8 Å². The third kappa shape index (κ3) is 4.62. The molecule has 0 aromatic carbocycles. The number of hydrogen-bond donors (Lipinski definition) is 1. The van der Waals surface area contributed by atoms with Crippen LogP contribution in [0.1, 0.15) is 26.7 Å². The summed E-state index contributed by atoms with van der Waals surface area (Å²) in [7, 11) is 0. The smallest absolute Gasteiger partial charge is 0.0780 e. The Morgan fingerprint density at radius 3 is 2.62 bits per heavy atom. The molecule has 1 unspecified atom stereocenters. The normalized spacial score (nSPS) is 21.9. The first-order valence-corrected chi connectivity index (χ1v) is 6.73. The summed E-state index contributed by atoms with van der Waals surface area (Å²) < 4.78 is 16.6. The van der Waals surface area contributed by atoms with Gasteiger partial charge >= 0.3 is 0 Å². The van der Waals surface area contributed by atoms with Crippen LogP contribution in [0.2, 0.25) is 0 Å². The second kappa shape index (κ2) is 7.54. The van der Waals surface area contributed by atoms with Crippen molar-refractivity contribution in [2.75, 3.05) is 38.8 Å². The van der Waals surface area contributed by atoms with Crippen molar-refractivity contribution in [3.8, 4) is 0 Å². The van der Waals surface area contributed by atoms with Gasteiger partial charge in [0.2, 0.25) is 0 Å². The van der Waals surface area contributed by atoms with Gasteiger partial charge in [-0.3, -0.25) is 0 Å². The molecule has 0 radical (unpaired) electrons. The maximum absolute atomic E-state index is 5.85. The van der Waals surface area contributed by atoms with Crippen LogP contribution < -0.4 is 0 Å². The van der Waals surface area contributed by atoms with Crippen molar-refractivity contribution in [3.63, 3.8) is 0 Å². The van der Waals surface area contributed by atoms with Crippen molar-refractivity contribution in [1.29, 1.82) is 0 Å². The second-order valence-electron chi connectivity index (χ2n) is 4.55. The highest BCUT2D eigenvalue weighted by atomic mass is 32.1. The van der Waals surface area contributed by atoms with E-state index in [9.17, 15) is 0 Å². The lowest BCUT2D eigenvalue weighted by Crippen LogP contribution is -2.37. The van der Waals surface area contributed by atoms with Gasteiger partial charge in [-0.15, -0.1) is 0 Å². The molecule has 1 aliphatic rings. The SMILES string of the molecule is CCOCC(C)OCC1(CS)CCOCC1. The van der Waals surface area contributed by atoms with Gasteiger partial charge in [-0.25, -0.2) is 0 Å². The van der Waals surface area contributed by atoms with Gasteiger partial charge < -0.3 is 14.2 Å². The molecule has 0 saturated carbocycles. The van der Waals surface area contributed by atoms with E-state index < -0.39 is 0 Å². The molecule has 4 heteroatoms. The highest BCUT2D eigenvalue weighted by Crippen LogP contribution is 2.32. The quantitative estimate of drug-likeness (QED) is 0.700. The fourth-order valence-electron chi connectivity index (χ4n) is 1.80. The van der Waals surface area contributed by atoms with E-state index in [1.165, 1.54) is 0 Å². The van der Waals surface area contributed by atoms with E-state index in [2.05, 4.69) is 19.6 Å². The Morgan fingerprint density at radius 2 is 2.06 bits per heavy atom. The summed E-state index contributed by atoms with van der Waals surface area (Å²) in [6, 6.07) is 0. The first kappa shape index (κ1) is 14.3. The standard InChI is InChI=1S/C12H24O3S/c1-3-13-8-11(2)15-9-12(10-16)4-6-14-7-5-12/h11,16H,3-10H2,1-2H3. The number of rotatable bonds is 7. The summed E-state index contributed by atoms with van der Waals surface area (Å²) in [6.45, 7) is 7.93. The molecule has 0 spiro atoms. The molecular formula is C12H24O3S. The first-order chi connectivity index (χ1) is 7.72. The minimum absolute atomic E-state index is 0.166. The van der Waals surface area contributed by atoms with E-state index in [1.807, 2.05) is 6.92 Å². The van der Waals surface area contributed by atoms with Crippen LogP contribution in [0.5, 0.6) is 0 Å². The summed E-state index contributed by atoms with van der Waals surface area (Å²) in [6.07, 6.45) is 2.27. The Morgan fingerprint density at radius 1 is 1.38 bits per heavy atom. The molecule has 0 N–H and O–H groups in total. The molecule has 1 fully saturated rings. The van der Waals surface area contributed by atoms with Gasteiger partial charge in [0.05, 0.1) is 19.3 Å². The molecular weight excluding hydrogens is 224 g/mol. The Balaban J connectivity index is 2.27. The van der Waals surface area contributed by atoms with Crippen molar-refractivity contribution in [1.82, 2.24) is 0 Å². The fraction of sp³-hybridized carbons (Fsp3) is 1.00. The maximum Gasteiger partial charge on any atom is 0.0780 e. The average Bonchev–Trinajstić information content (AvgIpc) is 2.35. The van der Waals surface area contributed by atoms with Crippen LogP contribution in [-0.4, -0.2) is 44.9 Å². The predicted octanol–water partition coefficient (Wildman–Crippen LogP) is 2.15. The highest BCUT2D eigenvalue weighted by molar-refractivity contribution is 7.80. The van der Waals surface area contributed by atoms with Gasteiger partial charge in [0.15, 0.2) is 0 Å². The van der Waals surface area contributed by atoms with Crippen molar-refractivity contribution < 1.29 is 14.2 Å². The second-order valence-corrected chi connectivity index (χ2v) is 4.87. The molecule has 1 atom stereocenters. The van der Waals surface area contributed by atoms with Crippen molar-refractivity contribution >= 4 is 12.6 Å². The topological polar surface area (TPSA) is 27.7 Å². The fourth-order valence-corrected chi connectivity index (χ4v) is 2.21. The monoisotopic (exact) mass is 248 g/mol. The third-order valence-corrected chi connectivity index (χ3v) is 3.79. The summed E-state index contributed by atoms with van der Waals surface area (Å²) in [5.74, 6) is 0.873. The Bertz CT molecular complexity index is 181.